The molecule has 104 valence electrons. The maximum Gasteiger partial charge on any atom is 0.0332 e. The molecule has 0 spiro atoms. The second-order valence-electron chi connectivity index (χ2n) is 5.25. The zero-order valence-electron chi connectivity index (χ0n) is 11.9. The van der Waals surface area contributed by atoms with Crippen molar-refractivity contribution in [3.63, 3.8) is 0 Å². The smallest absolute Gasteiger partial charge is 0.0332 e. The molecule has 20 heavy (non-hydrogen) atoms. The summed E-state index contributed by atoms with van der Waals surface area (Å²) in [6, 6.07) is 11.1. The number of nitrogens with zero attached hydrogens (tertiary/aromatic N) is 1. The zero-order valence-corrected chi connectivity index (χ0v) is 13.6. The molecule has 0 fully saturated rings. The SMILES string of the molecule is CN(C)CC/C=C1/c2ccccc2SCc2sccc21. The van der Waals surface area contributed by atoms with Crippen LogP contribution in [-0.4, -0.2) is 25.5 Å². The standard InChI is InChI=1S/C17H19NS2/c1-18(2)10-5-7-13-14-6-3-4-8-16(14)20-12-17-15(13)9-11-19-17/h3-4,6-9,11H,5,10,12H2,1-2H3/b13-7-. The normalized spacial score (nSPS) is 16.1. The molecular weight excluding hydrogens is 282 g/mol. The van der Waals surface area contributed by atoms with Crippen LogP contribution >= 0.6 is 23.1 Å². The first-order chi connectivity index (χ1) is 9.75. The first-order valence-corrected chi connectivity index (χ1v) is 8.76. The van der Waals surface area contributed by atoms with Crippen molar-refractivity contribution >= 4 is 28.7 Å². The van der Waals surface area contributed by atoms with E-state index in [1.54, 1.807) is 0 Å². The highest BCUT2D eigenvalue weighted by Gasteiger charge is 2.18. The minimum absolute atomic E-state index is 1.09. The van der Waals surface area contributed by atoms with Gasteiger partial charge in [0.2, 0.25) is 0 Å². The van der Waals surface area contributed by atoms with Crippen LogP contribution in [0.25, 0.3) is 5.57 Å². The minimum Gasteiger partial charge on any atom is -0.309 e. The number of rotatable bonds is 3. The Morgan fingerprint density at radius 1 is 1.15 bits per heavy atom. The summed E-state index contributed by atoms with van der Waals surface area (Å²) in [5, 5.41) is 2.22. The Hall–Kier alpha value is -1.03. The predicted octanol–water partition coefficient (Wildman–Crippen LogP) is 4.74. The van der Waals surface area contributed by atoms with Gasteiger partial charge in [-0.3, -0.25) is 0 Å². The van der Waals surface area contributed by atoms with Crippen LogP contribution in [0.15, 0.2) is 46.7 Å². The average molecular weight is 301 g/mol. The third-order valence-electron chi connectivity index (χ3n) is 3.50. The van der Waals surface area contributed by atoms with E-state index < -0.39 is 0 Å². The van der Waals surface area contributed by atoms with E-state index >= 15 is 0 Å². The number of benzene rings is 1. The summed E-state index contributed by atoms with van der Waals surface area (Å²) in [5.41, 5.74) is 4.25. The van der Waals surface area contributed by atoms with Crippen LogP contribution in [0.5, 0.6) is 0 Å². The molecular formula is C17H19NS2. The maximum absolute atomic E-state index is 2.41. The molecule has 1 aliphatic rings. The molecule has 0 saturated carbocycles. The maximum atomic E-state index is 2.41. The van der Waals surface area contributed by atoms with E-state index in [9.17, 15) is 0 Å². The molecule has 1 aliphatic heterocycles. The Kier molecular flexibility index (Phi) is 4.29. The second kappa shape index (κ2) is 6.17. The van der Waals surface area contributed by atoms with Crippen LogP contribution in [0.2, 0.25) is 0 Å². The second-order valence-corrected chi connectivity index (χ2v) is 7.27. The summed E-state index contributed by atoms with van der Waals surface area (Å²) in [5.74, 6) is 1.09. The monoisotopic (exact) mass is 301 g/mol. The van der Waals surface area contributed by atoms with Crippen molar-refractivity contribution in [3.05, 3.63) is 57.8 Å². The summed E-state index contributed by atoms with van der Waals surface area (Å²) in [6.45, 7) is 1.10. The summed E-state index contributed by atoms with van der Waals surface area (Å²) < 4.78 is 0. The first kappa shape index (κ1) is 13.9. The van der Waals surface area contributed by atoms with Crippen molar-refractivity contribution in [2.24, 2.45) is 0 Å². The van der Waals surface area contributed by atoms with Gasteiger partial charge in [0.05, 0.1) is 0 Å². The Morgan fingerprint density at radius 3 is 2.85 bits per heavy atom. The lowest BCUT2D eigenvalue weighted by molar-refractivity contribution is 0.417. The number of thiophene rings is 1. The molecule has 1 aromatic heterocycles. The molecule has 0 amide bonds. The molecule has 3 heteroatoms. The van der Waals surface area contributed by atoms with Gasteiger partial charge in [0, 0.05) is 22.1 Å². The Labute approximate surface area is 129 Å². The van der Waals surface area contributed by atoms with Crippen molar-refractivity contribution in [1.29, 1.82) is 0 Å². The van der Waals surface area contributed by atoms with Crippen LogP contribution in [-0.2, 0) is 5.75 Å². The van der Waals surface area contributed by atoms with Crippen molar-refractivity contribution in [2.75, 3.05) is 20.6 Å². The van der Waals surface area contributed by atoms with E-state index in [1.165, 1.54) is 26.5 Å². The average Bonchev–Trinajstić information content (AvgIpc) is 2.84. The largest absolute Gasteiger partial charge is 0.309 e. The highest BCUT2D eigenvalue weighted by atomic mass is 32.2. The summed E-state index contributed by atoms with van der Waals surface area (Å²) in [6.07, 6.45) is 3.51. The van der Waals surface area contributed by atoms with E-state index in [2.05, 4.69) is 60.8 Å². The van der Waals surface area contributed by atoms with Crippen LogP contribution < -0.4 is 0 Å². The third-order valence-corrected chi connectivity index (χ3v) is 5.70. The Morgan fingerprint density at radius 2 is 2.00 bits per heavy atom. The molecule has 1 aromatic carbocycles. The predicted molar refractivity (Wildman–Crippen MR) is 90.6 cm³/mol. The molecule has 1 nitrogen and oxygen atoms in total. The van der Waals surface area contributed by atoms with Crippen molar-refractivity contribution in [3.8, 4) is 0 Å². The van der Waals surface area contributed by atoms with Crippen LogP contribution in [0.1, 0.15) is 22.4 Å². The van der Waals surface area contributed by atoms with Crippen molar-refractivity contribution in [1.82, 2.24) is 4.90 Å². The zero-order chi connectivity index (χ0) is 13.9. The van der Waals surface area contributed by atoms with Crippen LogP contribution in [0.3, 0.4) is 0 Å². The fourth-order valence-electron chi connectivity index (χ4n) is 2.48. The van der Waals surface area contributed by atoms with E-state index in [-0.39, 0.29) is 0 Å². The number of hydrogen-bond acceptors (Lipinski definition) is 3. The van der Waals surface area contributed by atoms with Gasteiger partial charge in [0.1, 0.15) is 0 Å². The van der Waals surface area contributed by atoms with E-state index in [4.69, 9.17) is 0 Å². The third kappa shape index (κ3) is 2.85. The molecule has 3 rings (SSSR count). The number of thioether (sulfide) groups is 1. The van der Waals surface area contributed by atoms with E-state index in [0.29, 0.717) is 0 Å². The van der Waals surface area contributed by atoms with Gasteiger partial charge in [-0.15, -0.1) is 23.1 Å². The molecule has 2 heterocycles. The topological polar surface area (TPSA) is 3.24 Å². The van der Waals surface area contributed by atoms with Crippen molar-refractivity contribution in [2.45, 2.75) is 17.1 Å². The summed E-state index contributed by atoms with van der Waals surface area (Å²) in [7, 11) is 4.26. The molecule has 0 N–H and O–H groups in total. The van der Waals surface area contributed by atoms with Gasteiger partial charge in [0.25, 0.3) is 0 Å². The molecule has 0 bridgehead atoms. The molecule has 0 aliphatic carbocycles. The van der Waals surface area contributed by atoms with Gasteiger partial charge < -0.3 is 4.90 Å². The van der Waals surface area contributed by atoms with E-state index in [1.807, 2.05) is 23.1 Å². The molecule has 0 atom stereocenters. The highest BCUT2D eigenvalue weighted by molar-refractivity contribution is 7.98. The number of hydrogen-bond donors (Lipinski definition) is 0. The van der Waals surface area contributed by atoms with Crippen molar-refractivity contribution < 1.29 is 0 Å². The minimum atomic E-state index is 1.09. The van der Waals surface area contributed by atoms with Gasteiger partial charge in [-0.2, -0.15) is 0 Å². The van der Waals surface area contributed by atoms with Gasteiger partial charge in [-0.05, 0) is 54.7 Å². The lowest BCUT2D eigenvalue weighted by Crippen LogP contribution is -2.12. The van der Waals surface area contributed by atoms with Gasteiger partial charge in [0.15, 0.2) is 0 Å². The van der Waals surface area contributed by atoms with Crippen LogP contribution in [0.4, 0.5) is 0 Å². The van der Waals surface area contributed by atoms with Gasteiger partial charge in [-0.1, -0.05) is 24.3 Å². The quantitative estimate of drug-likeness (QED) is 0.806. The Bertz CT molecular complexity index is 625. The number of fused-ring (bicyclic) bond motifs is 2. The lowest BCUT2D eigenvalue weighted by atomic mass is 9.97. The molecule has 0 saturated heterocycles. The fraction of sp³-hybridized carbons (Fsp3) is 0.294. The molecule has 0 unspecified atom stereocenters. The highest BCUT2D eigenvalue weighted by Crippen LogP contribution is 2.42. The first-order valence-electron chi connectivity index (χ1n) is 6.89. The summed E-state index contributed by atoms with van der Waals surface area (Å²) >= 11 is 3.84. The molecule has 2 aromatic rings. The summed E-state index contributed by atoms with van der Waals surface area (Å²) in [4.78, 5) is 5.15. The molecule has 0 radical (unpaired) electrons. The Balaban J connectivity index is 2.03. The van der Waals surface area contributed by atoms with Crippen LogP contribution in [0, 0.1) is 0 Å². The van der Waals surface area contributed by atoms with E-state index in [0.717, 1.165) is 18.7 Å². The van der Waals surface area contributed by atoms with Gasteiger partial charge in [-0.25, -0.2) is 0 Å². The van der Waals surface area contributed by atoms with Gasteiger partial charge >= 0.3 is 0 Å². The lowest BCUT2D eigenvalue weighted by Gasteiger charge is -2.11. The fourth-order valence-corrected chi connectivity index (χ4v) is 4.56.